The molecule has 3 rings (SSSR count). The molecule has 0 saturated carbocycles. The van der Waals surface area contributed by atoms with Crippen LogP contribution in [0.5, 0.6) is 0 Å². The summed E-state index contributed by atoms with van der Waals surface area (Å²) in [6.07, 6.45) is 4.50. The first-order valence-electron chi connectivity index (χ1n) is 8.78. The number of piperazine rings is 1. The van der Waals surface area contributed by atoms with Gasteiger partial charge in [-0.2, -0.15) is 17.0 Å². The fourth-order valence-electron chi connectivity index (χ4n) is 3.36. The summed E-state index contributed by atoms with van der Waals surface area (Å²) in [5.74, 6) is 0.0575. The molecule has 0 aliphatic carbocycles. The summed E-state index contributed by atoms with van der Waals surface area (Å²) in [7, 11) is -3.46. The molecule has 2 aliphatic rings. The summed E-state index contributed by atoms with van der Waals surface area (Å²) in [4.78, 5) is 14.6. The van der Waals surface area contributed by atoms with Crippen molar-refractivity contribution in [3.8, 4) is 0 Å². The molecule has 0 aromatic carbocycles. The van der Waals surface area contributed by atoms with Crippen LogP contribution in [-0.4, -0.2) is 84.9 Å². The van der Waals surface area contributed by atoms with E-state index in [1.807, 2.05) is 36.0 Å². The van der Waals surface area contributed by atoms with Gasteiger partial charge in [0, 0.05) is 51.7 Å². The average Bonchev–Trinajstić information content (AvgIpc) is 3.17. The minimum absolute atomic E-state index is 0.0575. The molecular weight excluding hydrogens is 344 g/mol. The van der Waals surface area contributed by atoms with E-state index in [-0.39, 0.29) is 11.9 Å². The predicted molar refractivity (Wildman–Crippen MR) is 93.2 cm³/mol. The van der Waals surface area contributed by atoms with Crippen molar-refractivity contribution < 1.29 is 17.9 Å². The standard InChI is InChI=1S/C16H26N4O4S/c1-2-15(17-5-3-4-6-17)16(21)18-7-9-19(10-8-18)25(22,23)20-11-13-24-14-12-20/h3-6,15H,2,7-14H2,1H3/t15-/m1/s1. The predicted octanol–water partition coefficient (Wildman–Crippen LogP) is 0.160. The van der Waals surface area contributed by atoms with Gasteiger partial charge < -0.3 is 14.2 Å². The van der Waals surface area contributed by atoms with Gasteiger partial charge in [-0.3, -0.25) is 4.79 Å². The largest absolute Gasteiger partial charge is 0.379 e. The molecule has 0 N–H and O–H groups in total. The van der Waals surface area contributed by atoms with Crippen molar-refractivity contribution in [1.29, 1.82) is 0 Å². The normalized spacial score (nSPS) is 22.0. The average molecular weight is 370 g/mol. The summed E-state index contributed by atoms with van der Waals surface area (Å²) in [6, 6.07) is 3.59. The zero-order chi connectivity index (χ0) is 17.9. The zero-order valence-corrected chi connectivity index (χ0v) is 15.4. The van der Waals surface area contributed by atoms with Crippen molar-refractivity contribution in [2.75, 3.05) is 52.5 Å². The van der Waals surface area contributed by atoms with Crippen LogP contribution in [0.1, 0.15) is 19.4 Å². The Balaban J connectivity index is 1.60. The monoisotopic (exact) mass is 370 g/mol. The third-order valence-electron chi connectivity index (χ3n) is 4.83. The van der Waals surface area contributed by atoms with Gasteiger partial charge in [0.1, 0.15) is 6.04 Å². The molecule has 3 heterocycles. The highest BCUT2D eigenvalue weighted by Crippen LogP contribution is 2.19. The maximum absolute atomic E-state index is 12.8. The van der Waals surface area contributed by atoms with Crippen LogP contribution in [0.15, 0.2) is 24.5 Å². The van der Waals surface area contributed by atoms with E-state index < -0.39 is 10.2 Å². The second-order valence-electron chi connectivity index (χ2n) is 6.30. The third-order valence-corrected chi connectivity index (χ3v) is 6.87. The highest BCUT2D eigenvalue weighted by atomic mass is 32.2. The number of rotatable bonds is 5. The number of amides is 1. The molecule has 1 amide bonds. The molecule has 0 unspecified atom stereocenters. The first-order valence-corrected chi connectivity index (χ1v) is 10.2. The Labute approximate surface area is 149 Å². The van der Waals surface area contributed by atoms with Crippen LogP contribution in [0.25, 0.3) is 0 Å². The van der Waals surface area contributed by atoms with Crippen LogP contribution in [0.2, 0.25) is 0 Å². The van der Waals surface area contributed by atoms with Gasteiger partial charge in [-0.15, -0.1) is 0 Å². The number of nitrogens with zero attached hydrogens (tertiary/aromatic N) is 4. The van der Waals surface area contributed by atoms with Gasteiger partial charge in [0.05, 0.1) is 13.2 Å². The van der Waals surface area contributed by atoms with Crippen LogP contribution in [-0.2, 0) is 19.7 Å². The smallest absolute Gasteiger partial charge is 0.282 e. The lowest BCUT2D eigenvalue weighted by Gasteiger charge is -2.38. The molecule has 2 saturated heterocycles. The van der Waals surface area contributed by atoms with E-state index in [1.165, 1.54) is 8.61 Å². The first kappa shape index (κ1) is 18.4. The lowest BCUT2D eigenvalue weighted by molar-refractivity contribution is -0.136. The van der Waals surface area contributed by atoms with Crippen LogP contribution in [0, 0.1) is 0 Å². The number of carbonyl (C=O) groups excluding carboxylic acids is 1. The Morgan fingerprint density at radius 1 is 1.00 bits per heavy atom. The molecule has 25 heavy (non-hydrogen) atoms. The minimum Gasteiger partial charge on any atom is -0.379 e. The van der Waals surface area contributed by atoms with Crippen LogP contribution < -0.4 is 0 Å². The fourth-order valence-corrected chi connectivity index (χ4v) is 4.92. The Bertz CT molecular complexity index is 662. The maximum Gasteiger partial charge on any atom is 0.282 e. The van der Waals surface area contributed by atoms with Crippen LogP contribution in [0.4, 0.5) is 0 Å². The van der Waals surface area contributed by atoms with E-state index in [2.05, 4.69) is 0 Å². The Morgan fingerprint density at radius 3 is 2.12 bits per heavy atom. The summed E-state index contributed by atoms with van der Waals surface area (Å²) in [5.41, 5.74) is 0. The van der Waals surface area contributed by atoms with Gasteiger partial charge in [0.25, 0.3) is 10.2 Å². The molecule has 8 nitrogen and oxygen atoms in total. The van der Waals surface area contributed by atoms with Gasteiger partial charge in [-0.05, 0) is 18.6 Å². The molecule has 140 valence electrons. The highest BCUT2D eigenvalue weighted by Gasteiger charge is 2.35. The first-order chi connectivity index (χ1) is 12.0. The van der Waals surface area contributed by atoms with Crippen molar-refractivity contribution in [3.05, 3.63) is 24.5 Å². The van der Waals surface area contributed by atoms with Crippen LogP contribution >= 0.6 is 0 Å². The SMILES string of the molecule is CC[C@H](C(=O)N1CCN(S(=O)(=O)N2CCOCC2)CC1)n1cccc1. The van der Waals surface area contributed by atoms with Crippen LogP contribution in [0.3, 0.4) is 0 Å². The van der Waals surface area contributed by atoms with Gasteiger partial charge in [-0.25, -0.2) is 0 Å². The topological polar surface area (TPSA) is 75.1 Å². The van der Waals surface area contributed by atoms with Crippen molar-refractivity contribution in [1.82, 2.24) is 18.1 Å². The molecule has 1 atom stereocenters. The van der Waals surface area contributed by atoms with Gasteiger partial charge in [-0.1, -0.05) is 6.92 Å². The zero-order valence-electron chi connectivity index (χ0n) is 14.6. The number of ether oxygens (including phenoxy) is 1. The Hall–Kier alpha value is -1.42. The Kier molecular flexibility index (Phi) is 5.78. The van der Waals surface area contributed by atoms with E-state index in [0.29, 0.717) is 58.9 Å². The summed E-state index contributed by atoms with van der Waals surface area (Å²) >= 11 is 0. The quantitative estimate of drug-likeness (QED) is 0.740. The van der Waals surface area contributed by atoms with E-state index in [4.69, 9.17) is 4.74 Å². The number of hydrogen-bond donors (Lipinski definition) is 0. The van der Waals surface area contributed by atoms with E-state index in [0.717, 1.165) is 0 Å². The molecule has 0 radical (unpaired) electrons. The lowest BCUT2D eigenvalue weighted by atomic mass is 10.2. The molecule has 1 aromatic heterocycles. The molecule has 9 heteroatoms. The minimum atomic E-state index is -3.46. The molecule has 0 spiro atoms. The number of morpholine rings is 1. The van der Waals surface area contributed by atoms with Crippen molar-refractivity contribution in [2.45, 2.75) is 19.4 Å². The van der Waals surface area contributed by atoms with Crippen molar-refractivity contribution >= 4 is 16.1 Å². The van der Waals surface area contributed by atoms with E-state index >= 15 is 0 Å². The molecule has 0 bridgehead atoms. The van der Waals surface area contributed by atoms with Gasteiger partial charge in [0.2, 0.25) is 5.91 Å². The summed E-state index contributed by atoms with van der Waals surface area (Å²) in [5, 5.41) is 0. The van der Waals surface area contributed by atoms with Crippen molar-refractivity contribution in [2.24, 2.45) is 0 Å². The number of carbonyl (C=O) groups is 1. The highest BCUT2D eigenvalue weighted by molar-refractivity contribution is 7.86. The number of aromatic nitrogens is 1. The van der Waals surface area contributed by atoms with Gasteiger partial charge >= 0.3 is 0 Å². The molecular formula is C16H26N4O4S. The lowest BCUT2D eigenvalue weighted by Crippen LogP contribution is -2.56. The second kappa shape index (κ2) is 7.86. The fraction of sp³-hybridized carbons (Fsp3) is 0.688. The second-order valence-corrected chi connectivity index (χ2v) is 8.23. The van der Waals surface area contributed by atoms with E-state index in [1.54, 1.807) is 4.90 Å². The summed E-state index contributed by atoms with van der Waals surface area (Å²) in [6.45, 7) is 5.20. The maximum atomic E-state index is 12.8. The molecule has 2 fully saturated rings. The van der Waals surface area contributed by atoms with Crippen molar-refractivity contribution in [3.63, 3.8) is 0 Å². The molecule has 1 aromatic rings. The third kappa shape index (κ3) is 3.89. The van der Waals surface area contributed by atoms with Gasteiger partial charge in [0.15, 0.2) is 0 Å². The molecule has 2 aliphatic heterocycles. The van der Waals surface area contributed by atoms with E-state index in [9.17, 15) is 13.2 Å². The Morgan fingerprint density at radius 2 is 1.56 bits per heavy atom. The number of hydrogen-bond acceptors (Lipinski definition) is 4. The summed E-state index contributed by atoms with van der Waals surface area (Å²) < 4.78 is 35.5.